The minimum Gasteiger partial charge on any atom is -0.375 e. The molecule has 1 aromatic carbocycles. The number of aromatic nitrogens is 1. The van der Waals surface area contributed by atoms with Crippen molar-refractivity contribution in [3.05, 3.63) is 35.3 Å². The second-order valence-electron chi connectivity index (χ2n) is 7.40. The van der Waals surface area contributed by atoms with E-state index in [0.717, 1.165) is 36.9 Å². The van der Waals surface area contributed by atoms with E-state index < -0.39 is 0 Å². The Labute approximate surface area is 147 Å². The molecule has 5 heteroatoms. The molecular formula is C20H25FN2O2. The molecule has 0 radical (unpaired) electrons. The van der Waals surface area contributed by atoms with Gasteiger partial charge in [-0.1, -0.05) is 12.8 Å². The molecule has 2 heterocycles. The zero-order valence-electron chi connectivity index (χ0n) is 14.7. The number of aryl methyl sites for hydroxylation is 1. The third kappa shape index (κ3) is 3.43. The molecule has 1 saturated carbocycles. The largest absolute Gasteiger partial charge is 0.375 e. The number of likely N-dealkylation sites (tertiary alicyclic amines) is 1. The van der Waals surface area contributed by atoms with E-state index in [0.29, 0.717) is 17.3 Å². The maximum absolute atomic E-state index is 13.5. The molecule has 1 aliphatic carbocycles. The Morgan fingerprint density at radius 1 is 1.12 bits per heavy atom. The number of H-pyrrole nitrogens is 1. The topological polar surface area (TPSA) is 45.3 Å². The normalized spacial score (nSPS) is 19.8. The van der Waals surface area contributed by atoms with Gasteiger partial charge >= 0.3 is 0 Å². The van der Waals surface area contributed by atoms with E-state index in [4.69, 9.17) is 4.74 Å². The molecule has 1 saturated heterocycles. The number of carbonyl (C=O) groups excluding carboxylic acids is 1. The van der Waals surface area contributed by atoms with Gasteiger partial charge in [-0.05, 0) is 56.4 Å². The van der Waals surface area contributed by atoms with Crippen molar-refractivity contribution in [1.82, 2.24) is 9.88 Å². The van der Waals surface area contributed by atoms with E-state index in [-0.39, 0.29) is 17.8 Å². The van der Waals surface area contributed by atoms with Crippen LogP contribution in [0.5, 0.6) is 0 Å². The number of halogens is 1. The number of hydrogen-bond donors (Lipinski definition) is 1. The van der Waals surface area contributed by atoms with Crippen molar-refractivity contribution >= 4 is 16.8 Å². The van der Waals surface area contributed by atoms with Crippen LogP contribution in [0, 0.1) is 12.7 Å². The number of aromatic amines is 1. The number of nitrogens with one attached hydrogen (secondary N) is 1. The van der Waals surface area contributed by atoms with Gasteiger partial charge in [0.05, 0.1) is 12.2 Å². The van der Waals surface area contributed by atoms with Gasteiger partial charge in [-0.3, -0.25) is 4.79 Å². The predicted octanol–water partition coefficient (Wildman–Crippen LogP) is 4.18. The number of fused-ring (bicyclic) bond motifs is 1. The molecule has 134 valence electrons. The summed E-state index contributed by atoms with van der Waals surface area (Å²) < 4.78 is 19.7. The summed E-state index contributed by atoms with van der Waals surface area (Å²) in [5.74, 6) is -0.286. The van der Waals surface area contributed by atoms with Crippen molar-refractivity contribution in [1.29, 1.82) is 0 Å². The maximum Gasteiger partial charge on any atom is 0.270 e. The Morgan fingerprint density at radius 3 is 2.52 bits per heavy atom. The average Bonchev–Trinajstić information content (AvgIpc) is 3.24. The van der Waals surface area contributed by atoms with Crippen LogP contribution in [0.1, 0.15) is 54.6 Å². The number of nitrogens with zero attached hydrogens (tertiary/aromatic N) is 1. The quantitative estimate of drug-likeness (QED) is 0.908. The van der Waals surface area contributed by atoms with Crippen molar-refractivity contribution in [2.75, 3.05) is 13.1 Å². The summed E-state index contributed by atoms with van der Waals surface area (Å²) in [6, 6.07) is 4.78. The van der Waals surface area contributed by atoms with Crippen LogP contribution >= 0.6 is 0 Å². The first kappa shape index (κ1) is 16.6. The number of piperidine rings is 1. The van der Waals surface area contributed by atoms with Gasteiger partial charge in [-0.2, -0.15) is 0 Å². The van der Waals surface area contributed by atoms with Crippen LogP contribution < -0.4 is 0 Å². The molecule has 0 bridgehead atoms. The standard InChI is InChI=1S/C20H25FN2O2/c1-13-10-14(21)11-18-17(13)12-19(22-18)20(24)23-8-6-16(7-9-23)25-15-4-2-3-5-15/h10-12,15-16,22H,2-9H2,1H3. The summed E-state index contributed by atoms with van der Waals surface area (Å²) in [5.41, 5.74) is 2.06. The van der Waals surface area contributed by atoms with Crippen molar-refractivity contribution in [2.24, 2.45) is 0 Å². The molecule has 25 heavy (non-hydrogen) atoms. The van der Waals surface area contributed by atoms with E-state index in [2.05, 4.69) is 4.98 Å². The van der Waals surface area contributed by atoms with Crippen molar-refractivity contribution in [2.45, 2.75) is 57.7 Å². The Kier molecular flexibility index (Phi) is 4.50. The molecule has 1 N–H and O–H groups in total. The maximum atomic E-state index is 13.5. The molecule has 2 fully saturated rings. The van der Waals surface area contributed by atoms with Crippen LogP contribution in [0.2, 0.25) is 0 Å². The zero-order valence-corrected chi connectivity index (χ0v) is 14.7. The lowest BCUT2D eigenvalue weighted by molar-refractivity contribution is -0.0358. The highest BCUT2D eigenvalue weighted by Gasteiger charge is 2.27. The second-order valence-corrected chi connectivity index (χ2v) is 7.40. The Hall–Kier alpha value is -1.88. The Morgan fingerprint density at radius 2 is 1.80 bits per heavy atom. The minimum atomic E-state index is -0.282. The molecule has 2 aromatic rings. The van der Waals surface area contributed by atoms with Crippen LogP contribution in [-0.2, 0) is 4.74 Å². The molecular weight excluding hydrogens is 319 g/mol. The van der Waals surface area contributed by atoms with Crippen LogP contribution in [0.3, 0.4) is 0 Å². The summed E-state index contributed by atoms with van der Waals surface area (Å²) in [4.78, 5) is 17.7. The summed E-state index contributed by atoms with van der Waals surface area (Å²) in [5, 5.41) is 0.907. The fourth-order valence-corrected chi connectivity index (χ4v) is 4.15. The highest BCUT2D eigenvalue weighted by Crippen LogP contribution is 2.26. The average molecular weight is 344 g/mol. The molecule has 1 aliphatic heterocycles. The van der Waals surface area contributed by atoms with Gasteiger partial charge in [0.2, 0.25) is 0 Å². The van der Waals surface area contributed by atoms with Crippen LogP contribution in [0.25, 0.3) is 10.9 Å². The number of hydrogen-bond acceptors (Lipinski definition) is 2. The predicted molar refractivity (Wildman–Crippen MR) is 95.3 cm³/mol. The molecule has 1 aromatic heterocycles. The Balaban J connectivity index is 1.41. The van der Waals surface area contributed by atoms with E-state index in [1.807, 2.05) is 17.9 Å². The minimum absolute atomic E-state index is 0.00433. The summed E-state index contributed by atoms with van der Waals surface area (Å²) in [6.07, 6.45) is 7.44. The highest BCUT2D eigenvalue weighted by molar-refractivity contribution is 5.98. The third-order valence-corrected chi connectivity index (χ3v) is 5.56. The first-order valence-corrected chi connectivity index (χ1v) is 9.34. The molecule has 1 amide bonds. The molecule has 2 aliphatic rings. The van der Waals surface area contributed by atoms with Gasteiger partial charge in [-0.25, -0.2) is 4.39 Å². The molecule has 4 rings (SSSR count). The van der Waals surface area contributed by atoms with Gasteiger partial charge in [0.25, 0.3) is 5.91 Å². The molecule has 0 spiro atoms. The first-order chi connectivity index (χ1) is 12.1. The lowest BCUT2D eigenvalue weighted by Gasteiger charge is -2.33. The van der Waals surface area contributed by atoms with Gasteiger partial charge < -0.3 is 14.6 Å². The van der Waals surface area contributed by atoms with Gasteiger partial charge in [0.1, 0.15) is 11.5 Å². The molecule has 0 atom stereocenters. The number of ether oxygens (including phenoxy) is 1. The second kappa shape index (κ2) is 6.79. The SMILES string of the molecule is Cc1cc(F)cc2[nH]c(C(=O)N3CCC(OC4CCCC4)CC3)cc12. The van der Waals surface area contributed by atoms with Crippen molar-refractivity contribution < 1.29 is 13.9 Å². The van der Waals surface area contributed by atoms with Crippen LogP contribution in [-0.4, -0.2) is 41.1 Å². The monoisotopic (exact) mass is 344 g/mol. The van der Waals surface area contributed by atoms with Gasteiger partial charge in [0.15, 0.2) is 0 Å². The number of benzene rings is 1. The van der Waals surface area contributed by atoms with E-state index >= 15 is 0 Å². The van der Waals surface area contributed by atoms with Gasteiger partial charge in [0, 0.05) is 24.0 Å². The van der Waals surface area contributed by atoms with Crippen LogP contribution in [0.15, 0.2) is 18.2 Å². The van der Waals surface area contributed by atoms with E-state index in [1.165, 1.54) is 37.8 Å². The number of carbonyl (C=O) groups is 1. The zero-order chi connectivity index (χ0) is 17.4. The smallest absolute Gasteiger partial charge is 0.270 e. The van der Waals surface area contributed by atoms with Crippen molar-refractivity contribution in [3.63, 3.8) is 0 Å². The summed E-state index contributed by atoms with van der Waals surface area (Å²) in [6.45, 7) is 3.30. The fourth-order valence-electron chi connectivity index (χ4n) is 4.15. The van der Waals surface area contributed by atoms with Crippen LogP contribution in [0.4, 0.5) is 4.39 Å². The van der Waals surface area contributed by atoms with Gasteiger partial charge in [-0.15, -0.1) is 0 Å². The molecule has 4 nitrogen and oxygen atoms in total. The lowest BCUT2D eigenvalue weighted by atomic mass is 10.1. The Bertz CT molecular complexity index is 771. The van der Waals surface area contributed by atoms with E-state index in [1.54, 1.807) is 0 Å². The fraction of sp³-hybridized carbons (Fsp3) is 0.550. The first-order valence-electron chi connectivity index (χ1n) is 9.34. The molecule has 0 unspecified atom stereocenters. The highest BCUT2D eigenvalue weighted by atomic mass is 19.1. The van der Waals surface area contributed by atoms with Crippen molar-refractivity contribution in [3.8, 4) is 0 Å². The lowest BCUT2D eigenvalue weighted by Crippen LogP contribution is -2.41. The number of amides is 1. The summed E-state index contributed by atoms with van der Waals surface area (Å²) in [7, 11) is 0. The number of rotatable bonds is 3. The van der Waals surface area contributed by atoms with E-state index in [9.17, 15) is 9.18 Å². The third-order valence-electron chi connectivity index (χ3n) is 5.56. The summed E-state index contributed by atoms with van der Waals surface area (Å²) >= 11 is 0.